The summed E-state index contributed by atoms with van der Waals surface area (Å²) in [6.07, 6.45) is 2.28. The van der Waals surface area contributed by atoms with Gasteiger partial charge in [-0.2, -0.15) is 4.98 Å². The monoisotopic (exact) mass is 163 g/mol. The summed E-state index contributed by atoms with van der Waals surface area (Å²) in [5.74, 6) is -0.391. The zero-order valence-corrected chi connectivity index (χ0v) is 5.97. The SMILES string of the molecule is O=c1n[c][nH]c2cc(F)ccc12. The van der Waals surface area contributed by atoms with E-state index in [4.69, 9.17) is 0 Å². The minimum absolute atomic E-state index is 0.371. The Morgan fingerprint density at radius 3 is 3.17 bits per heavy atom. The quantitative estimate of drug-likeness (QED) is 0.626. The molecule has 0 aliphatic rings. The molecule has 0 atom stereocenters. The molecule has 4 heteroatoms. The molecule has 0 saturated carbocycles. The number of rotatable bonds is 0. The van der Waals surface area contributed by atoms with Gasteiger partial charge in [-0.05, 0) is 18.2 Å². The molecule has 59 valence electrons. The Morgan fingerprint density at radius 1 is 1.50 bits per heavy atom. The number of benzene rings is 1. The second-order valence-electron chi connectivity index (χ2n) is 2.34. The maximum absolute atomic E-state index is 12.6. The molecule has 12 heavy (non-hydrogen) atoms. The number of aromatic nitrogens is 2. The molecule has 1 aromatic carbocycles. The number of fused-ring (bicyclic) bond motifs is 1. The van der Waals surface area contributed by atoms with Gasteiger partial charge in [-0.3, -0.25) is 4.79 Å². The number of hydrogen-bond donors (Lipinski definition) is 1. The minimum Gasteiger partial charge on any atom is -0.336 e. The van der Waals surface area contributed by atoms with Gasteiger partial charge in [-0.15, -0.1) is 0 Å². The summed E-state index contributed by atoms with van der Waals surface area (Å²) in [5.41, 5.74) is 0.0127. The van der Waals surface area contributed by atoms with Crippen LogP contribution in [0.4, 0.5) is 4.39 Å². The zero-order chi connectivity index (χ0) is 8.55. The fourth-order valence-corrected chi connectivity index (χ4v) is 1.01. The smallest absolute Gasteiger partial charge is 0.281 e. The van der Waals surface area contributed by atoms with Crippen LogP contribution < -0.4 is 5.56 Å². The van der Waals surface area contributed by atoms with Crippen LogP contribution in [0.1, 0.15) is 0 Å². The molecule has 1 radical (unpaired) electrons. The van der Waals surface area contributed by atoms with E-state index in [-0.39, 0.29) is 0 Å². The number of nitrogens with one attached hydrogen (secondary N) is 1. The molecule has 0 bridgehead atoms. The van der Waals surface area contributed by atoms with Crippen LogP contribution in [0, 0.1) is 12.1 Å². The molecule has 0 unspecified atom stereocenters. The van der Waals surface area contributed by atoms with E-state index in [1.54, 1.807) is 0 Å². The van der Waals surface area contributed by atoms with E-state index in [2.05, 4.69) is 16.3 Å². The van der Waals surface area contributed by atoms with Crippen LogP contribution in [0.2, 0.25) is 0 Å². The van der Waals surface area contributed by atoms with Crippen LogP contribution in [-0.4, -0.2) is 9.97 Å². The first-order chi connectivity index (χ1) is 5.77. The van der Waals surface area contributed by atoms with Crippen molar-refractivity contribution in [3.63, 3.8) is 0 Å². The molecule has 0 spiro atoms. The predicted octanol–water partition coefficient (Wildman–Crippen LogP) is 0.862. The first kappa shape index (κ1) is 6.97. The highest BCUT2D eigenvalue weighted by molar-refractivity contribution is 5.76. The van der Waals surface area contributed by atoms with Crippen LogP contribution in [0.25, 0.3) is 10.9 Å². The second kappa shape index (κ2) is 2.41. The molecular weight excluding hydrogens is 159 g/mol. The molecule has 2 rings (SSSR count). The van der Waals surface area contributed by atoms with Crippen molar-refractivity contribution in [2.75, 3.05) is 0 Å². The summed E-state index contributed by atoms with van der Waals surface area (Å²) < 4.78 is 12.6. The van der Waals surface area contributed by atoms with Crippen molar-refractivity contribution in [3.8, 4) is 0 Å². The van der Waals surface area contributed by atoms with E-state index in [1.807, 2.05) is 0 Å². The van der Waals surface area contributed by atoms with Gasteiger partial charge in [0.1, 0.15) is 5.82 Å². The largest absolute Gasteiger partial charge is 0.336 e. The lowest BCUT2D eigenvalue weighted by atomic mass is 10.2. The first-order valence-corrected chi connectivity index (χ1v) is 3.33. The lowest BCUT2D eigenvalue weighted by Gasteiger charge is -1.93. The van der Waals surface area contributed by atoms with Crippen molar-refractivity contribution in [2.24, 2.45) is 0 Å². The Hall–Kier alpha value is -1.71. The van der Waals surface area contributed by atoms with Gasteiger partial charge >= 0.3 is 0 Å². The van der Waals surface area contributed by atoms with Gasteiger partial charge in [0.05, 0.1) is 10.9 Å². The van der Waals surface area contributed by atoms with E-state index in [1.165, 1.54) is 18.2 Å². The number of nitrogens with zero attached hydrogens (tertiary/aromatic N) is 1. The molecule has 0 aliphatic heterocycles. The summed E-state index contributed by atoms with van der Waals surface area (Å²) in [7, 11) is 0. The third-order valence-corrected chi connectivity index (χ3v) is 1.56. The topological polar surface area (TPSA) is 45.8 Å². The normalized spacial score (nSPS) is 10.4. The molecular formula is C8H4FN2O. The summed E-state index contributed by atoms with van der Waals surface area (Å²) in [6.45, 7) is 0. The Kier molecular flexibility index (Phi) is 1.40. The predicted molar refractivity (Wildman–Crippen MR) is 41.2 cm³/mol. The maximum atomic E-state index is 12.6. The Labute approximate surface area is 66.9 Å². The fraction of sp³-hybridized carbons (Fsp3) is 0. The summed E-state index contributed by atoms with van der Waals surface area (Å²) in [4.78, 5) is 16.9. The van der Waals surface area contributed by atoms with Crippen LogP contribution in [-0.2, 0) is 0 Å². The number of hydrogen-bond acceptors (Lipinski definition) is 2. The lowest BCUT2D eigenvalue weighted by Crippen LogP contribution is -2.06. The van der Waals surface area contributed by atoms with E-state index in [0.717, 1.165) is 0 Å². The van der Waals surface area contributed by atoms with Crippen LogP contribution in [0.3, 0.4) is 0 Å². The summed E-state index contributed by atoms with van der Waals surface area (Å²) >= 11 is 0. The van der Waals surface area contributed by atoms with Gasteiger partial charge in [-0.1, -0.05) is 0 Å². The molecule has 3 nitrogen and oxygen atoms in total. The van der Waals surface area contributed by atoms with Crippen molar-refractivity contribution in [1.82, 2.24) is 9.97 Å². The Balaban J connectivity index is 2.96. The highest BCUT2D eigenvalue weighted by Crippen LogP contribution is 2.06. The van der Waals surface area contributed by atoms with Gasteiger partial charge in [0.15, 0.2) is 6.33 Å². The van der Waals surface area contributed by atoms with Gasteiger partial charge in [0, 0.05) is 0 Å². The van der Waals surface area contributed by atoms with Gasteiger partial charge in [0.2, 0.25) is 0 Å². The average molecular weight is 163 g/mol. The maximum Gasteiger partial charge on any atom is 0.281 e. The molecule has 1 heterocycles. The molecule has 0 aliphatic carbocycles. The standard InChI is InChI=1S/C8H4FN2O/c9-5-1-2-6-7(3-5)10-4-11-8(6)12/h1-3H,(H,10,11,12). The zero-order valence-electron chi connectivity index (χ0n) is 5.97. The lowest BCUT2D eigenvalue weighted by molar-refractivity contribution is 0.629. The third-order valence-electron chi connectivity index (χ3n) is 1.56. The fourth-order valence-electron chi connectivity index (χ4n) is 1.01. The minimum atomic E-state index is -0.399. The highest BCUT2D eigenvalue weighted by Gasteiger charge is 1.98. The molecule has 0 saturated heterocycles. The third kappa shape index (κ3) is 0.972. The summed E-state index contributed by atoms with van der Waals surface area (Å²) in [5, 5.41) is 0.371. The Morgan fingerprint density at radius 2 is 2.33 bits per heavy atom. The van der Waals surface area contributed by atoms with E-state index in [0.29, 0.717) is 10.9 Å². The van der Waals surface area contributed by atoms with Gasteiger partial charge in [-0.25, -0.2) is 4.39 Å². The number of aromatic amines is 1. The van der Waals surface area contributed by atoms with Crippen molar-refractivity contribution in [3.05, 3.63) is 40.7 Å². The average Bonchev–Trinajstić information content (AvgIpc) is 2.04. The molecule has 0 fully saturated rings. The van der Waals surface area contributed by atoms with Crippen molar-refractivity contribution >= 4 is 10.9 Å². The molecule has 1 N–H and O–H groups in total. The van der Waals surface area contributed by atoms with Crippen molar-refractivity contribution in [1.29, 1.82) is 0 Å². The highest BCUT2D eigenvalue weighted by atomic mass is 19.1. The van der Waals surface area contributed by atoms with Crippen LogP contribution in [0.5, 0.6) is 0 Å². The van der Waals surface area contributed by atoms with Crippen molar-refractivity contribution in [2.45, 2.75) is 0 Å². The second-order valence-corrected chi connectivity index (χ2v) is 2.34. The number of H-pyrrole nitrogens is 1. The molecule has 1 aromatic heterocycles. The molecule has 0 amide bonds. The Bertz CT molecular complexity index is 478. The molecule has 2 aromatic rings. The first-order valence-electron chi connectivity index (χ1n) is 3.33. The van der Waals surface area contributed by atoms with Crippen LogP contribution >= 0.6 is 0 Å². The van der Waals surface area contributed by atoms with Gasteiger partial charge in [0.25, 0.3) is 5.56 Å². The van der Waals surface area contributed by atoms with Gasteiger partial charge < -0.3 is 4.98 Å². The summed E-state index contributed by atoms with van der Waals surface area (Å²) in [6, 6.07) is 3.85. The van der Waals surface area contributed by atoms with E-state index >= 15 is 0 Å². The van der Waals surface area contributed by atoms with E-state index in [9.17, 15) is 9.18 Å². The van der Waals surface area contributed by atoms with E-state index < -0.39 is 11.4 Å². The number of halogens is 1. The van der Waals surface area contributed by atoms with Crippen molar-refractivity contribution < 1.29 is 4.39 Å². The van der Waals surface area contributed by atoms with Crippen LogP contribution in [0.15, 0.2) is 23.0 Å².